The van der Waals surface area contributed by atoms with Crippen LogP contribution in [-0.2, 0) is 19.1 Å². The second-order valence-electron chi connectivity index (χ2n) is 7.61. The lowest BCUT2D eigenvalue weighted by Gasteiger charge is -2.33. The maximum atomic E-state index is 13.4. The molecule has 4 rings (SSSR count). The molecule has 0 amide bonds. The molecule has 7 nitrogen and oxygen atoms in total. The Kier molecular flexibility index (Phi) is 6.04. The Bertz CT molecular complexity index is 1160. The summed E-state index contributed by atoms with van der Waals surface area (Å²) in [6.45, 7) is 4.50. The minimum atomic E-state index is -0.829. The molecule has 162 valence electrons. The molecule has 1 aliphatic heterocycles. The third-order valence-corrected chi connectivity index (χ3v) is 5.68. The van der Waals surface area contributed by atoms with Crippen molar-refractivity contribution >= 4 is 22.7 Å². The van der Waals surface area contributed by atoms with Gasteiger partial charge in [0.05, 0.1) is 29.7 Å². The number of carbonyl (C=O) groups excluding carboxylic acids is 2. The van der Waals surface area contributed by atoms with Gasteiger partial charge in [-0.2, -0.15) is 0 Å². The number of para-hydroxylation sites is 1. The van der Waals surface area contributed by atoms with Gasteiger partial charge in [0.15, 0.2) is 11.2 Å². The first kappa shape index (κ1) is 21.1. The third-order valence-electron chi connectivity index (χ3n) is 5.68. The largest absolute Gasteiger partial charge is 0.464 e. The highest BCUT2D eigenvalue weighted by Gasteiger charge is 2.40. The normalized spacial score (nSPS) is 18.8. The minimum absolute atomic E-state index is 0.0709. The summed E-state index contributed by atoms with van der Waals surface area (Å²) in [7, 11) is 0. The number of hydrogen-bond acceptors (Lipinski definition) is 7. The van der Waals surface area contributed by atoms with Crippen molar-refractivity contribution in [2.75, 3.05) is 19.8 Å². The highest BCUT2D eigenvalue weighted by molar-refractivity contribution is 6.04. The first-order chi connectivity index (χ1) is 15.0. The summed E-state index contributed by atoms with van der Waals surface area (Å²) in [5, 5.41) is 3.62. The van der Waals surface area contributed by atoms with Crippen LogP contribution in [0.3, 0.4) is 0 Å². The van der Waals surface area contributed by atoms with E-state index >= 15 is 0 Å². The zero-order valence-corrected chi connectivity index (χ0v) is 17.7. The lowest BCUT2D eigenvalue weighted by molar-refractivity contribution is -0.140. The highest BCUT2D eigenvalue weighted by atomic mass is 16.6. The highest BCUT2D eigenvalue weighted by Crippen LogP contribution is 2.41. The van der Waals surface area contributed by atoms with Gasteiger partial charge in [-0.3, -0.25) is 9.59 Å². The average molecular weight is 423 g/mol. The summed E-state index contributed by atoms with van der Waals surface area (Å²) < 4.78 is 16.4. The number of ether oxygens (including phenoxy) is 2. The number of Topliss-reactive ketones (excluding diaryl/α,β-unsaturated/α-hetero) is 1. The van der Waals surface area contributed by atoms with E-state index in [1.54, 1.807) is 31.2 Å². The maximum absolute atomic E-state index is 13.4. The van der Waals surface area contributed by atoms with Gasteiger partial charge in [-0.25, -0.2) is 4.79 Å². The quantitative estimate of drug-likeness (QED) is 0.562. The summed E-state index contributed by atoms with van der Waals surface area (Å²) in [5.41, 5.74) is 2.51. The van der Waals surface area contributed by atoms with Gasteiger partial charge in [0.25, 0.3) is 0 Å². The Labute approximate surface area is 179 Å². The summed E-state index contributed by atoms with van der Waals surface area (Å²) in [5.74, 6) is -1.48. The third kappa shape index (κ3) is 3.93. The zero-order chi connectivity index (χ0) is 22.0. The summed E-state index contributed by atoms with van der Waals surface area (Å²) >= 11 is 0. The molecule has 1 aromatic carbocycles. The molecule has 2 aliphatic rings. The smallest absolute Gasteiger partial charge is 0.336 e. The Morgan fingerprint density at radius 2 is 2.00 bits per heavy atom. The van der Waals surface area contributed by atoms with E-state index in [-0.39, 0.29) is 35.6 Å². The Morgan fingerprint density at radius 3 is 2.81 bits per heavy atom. The lowest BCUT2D eigenvalue weighted by atomic mass is 9.75. The number of esters is 1. The number of carbonyl (C=O) groups is 2. The van der Waals surface area contributed by atoms with Crippen LogP contribution in [0.5, 0.6) is 0 Å². The first-order valence-corrected chi connectivity index (χ1v) is 10.5. The standard InChI is InChI=1S/C24H25NO6/c1-3-29-11-12-30-24(28)20-14(2)25-17-8-6-9-18(26)22(17)21(20)16-13-31-19-10-5-4-7-15(19)23(16)27/h4-5,7,10,13,21,25H,3,6,8-9,11-12H2,1-2H3/t21-/m0/s1. The van der Waals surface area contributed by atoms with Gasteiger partial charge in [-0.05, 0) is 38.8 Å². The number of hydrogen-bond donors (Lipinski definition) is 1. The fraction of sp³-hybridized carbons (Fsp3) is 0.375. The van der Waals surface area contributed by atoms with Gasteiger partial charge < -0.3 is 19.2 Å². The van der Waals surface area contributed by atoms with Crippen molar-refractivity contribution < 1.29 is 23.5 Å². The number of ketones is 1. The van der Waals surface area contributed by atoms with Crippen molar-refractivity contribution in [1.29, 1.82) is 0 Å². The summed E-state index contributed by atoms with van der Waals surface area (Å²) in [6, 6.07) is 6.93. The fourth-order valence-electron chi connectivity index (χ4n) is 4.27. The topological polar surface area (TPSA) is 94.8 Å². The predicted molar refractivity (Wildman–Crippen MR) is 114 cm³/mol. The van der Waals surface area contributed by atoms with Gasteiger partial charge in [0.2, 0.25) is 0 Å². The van der Waals surface area contributed by atoms with Crippen LogP contribution in [0.1, 0.15) is 44.6 Å². The summed E-state index contributed by atoms with van der Waals surface area (Å²) in [6.07, 6.45) is 3.15. The first-order valence-electron chi connectivity index (χ1n) is 10.5. The SMILES string of the molecule is CCOCCOC(=O)C1=C(C)NC2=C(C(=O)CCC2)[C@H]1c1coc2ccccc2c1=O. The van der Waals surface area contributed by atoms with E-state index in [4.69, 9.17) is 13.9 Å². The van der Waals surface area contributed by atoms with Crippen LogP contribution in [-0.4, -0.2) is 31.6 Å². The van der Waals surface area contributed by atoms with Crippen LogP contribution in [0.25, 0.3) is 11.0 Å². The van der Waals surface area contributed by atoms with Crippen molar-refractivity contribution in [3.8, 4) is 0 Å². The van der Waals surface area contributed by atoms with E-state index in [2.05, 4.69) is 5.32 Å². The van der Waals surface area contributed by atoms with Gasteiger partial charge >= 0.3 is 5.97 Å². The van der Waals surface area contributed by atoms with Crippen LogP contribution < -0.4 is 10.7 Å². The number of nitrogens with one attached hydrogen (secondary N) is 1. The fourth-order valence-corrected chi connectivity index (χ4v) is 4.27. The molecule has 1 N–H and O–H groups in total. The molecule has 7 heteroatoms. The monoisotopic (exact) mass is 423 g/mol. The van der Waals surface area contributed by atoms with E-state index in [1.165, 1.54) is 6.26 Å². The average Bonchev–Trinajstić information content (AvgIpc) is 2.76. The van der Waals surface area contributed by atoms with E-state index in [0.29, 0.717) is 41.7 Å². The predicted octanol–water partition coefficient (Wildman–Crippen LogP) is 3.34. The van der Waals surface area contributed by atoms with E-state index < -0.39 is 11.9 Å². The molecule has 0 spiro atoms. The summed E-state index contributed by atoms with van der Waals surface area (Å²) in [4.78, 5) is 39.4. The van der Waals surface area contributed by atoms with Crippen molar-refractivity contribution in [2.24, 2.45) is 0 Å². The van der Waals surface area contributed by atoms with Crippen molar-refractivity contribution in [3.05, 3.63) is 68.9 Å². The Morgan fingerprint density at radius 1 is 1.19 bits per heavy atom. The van der Waals surface area contributed by atoms with Gasteiger partial charge in [0.1, 0.15) is 12.2 Å². The van der Waals surface area contributed by atoms with Crippen LogP contribution in [0.15, 0.2) is 62.3 Å². The second kappa shape index (κ2) is 8.89. The molecule has 1 aromatic heterocycles. The van der Waals surface area contributed by atoms with Gasteiger partial charge in [-0.15, -0.1) is 0 Å². The second-order valence-corrected chi connectivity index (χ2v) is 7.61. The molecule has 0 bridgehead atoms. The lowest BCUT2D eigenvalue weighted by Crippen LogP contribution is -2.36. The van der Waals surface area contributed by atoms with E-state index in [0.717, 1.165) is 12.1 Å². The number of benzene rings is 1. The van der Waals surface area contributed by atoms with Crippen LogP contribution >= 0.6 is 0 Å². The molecule has 0 saturated heterocycles. The number of rotatable bonds is 6. The molecule has 0 radical (unpaired) electrons. The van der Waals surface area contributed by atoms with Gasteiger partial charge in [0, 0.05) is 35.6 Å². The zero-order valence-electron chi connectivity index (χ0n) is 17.7. The molecule has 0 saturated carbocycles. The number of allylic oxidation sites excluding steroid dienone is 3. The molecule has 0 fully saturated rings. The molecule has 2 aromatic rings. The van der Waals surface area contributed by atoms with Crippen LogP contribution in [0.4, 0.5) is 0 Å². The molecule has 31 heavy (non-hydrogen) atoms. The number of fused-ring (bicyclic) bond motifs is 1. The van der Waals surface area contributed by atoms with E-state index in [9.17, 15) is 14.4 Å². The van der Waals surface area contributed by atoms with Crippen LogP contribution in [0.2, 0.25) is 0 Å². The van der Waals surface area contributed by atoms with Crippen LogP contribution in [0, 0.1) is 0 Å². The molecule has 1 aliphatic carbocycles. The van der Waals surface area contributed by atoms with Crippen molar-refractivity contribution in [3.63, 3.8) is 0 Å². The Balaban J connectivity index is 1.83. The molecular weight excluding hydrogens is 398 g/mol. The molecular formula is C24H25NO6. The van der Waals surface area contributed by atoms with Gasteiger partial charge in [-0.1, -0.05) is 12.1 Å². The van der Waals surface area contributed by atoms with Crippen molar-refractivity contribution in [2.45, 2.75) is 39.0 Å². The maximum Gasteiger partial charge on any atom is 0.336 e. The molecule has 2 heterocycles. The van der Waals surface area contributed by atoms with E-state index in [1.807, 2.05) is 6.92 Å². The Hall–Kier alpha value is -3.19. The van der Waals surface area contributed by atoms with Crippen molar-refractivity contribution in [1.82, 2.24) is 5.32 Å². The molecule has 0 unspecified atom stereocenters. The number of dihydropyridines is 1. The minimum Gasteiger partial charge on any atom is -0.464 e. The molecule has 1 atom stereocenters.